The molecule has 4 rings (SSSR count). The minimum Gasteiger partial charge on any atom is -0.255 e. The van der Waals surface area contributed by atoms with Gasteiger partial charge in [0.2, 0.25) is 0 Å². The molecule has 0 spiro atoms. The molecule has 0 fully saturated rings. The van der Waals surface area contributed by atoms with E-state index >= 15 is 0 Å². The summed E-state index contributed by atoms with van der Waals surface area (Å²) in [5.74, 6) is 0. The van der Waals surface area contributed by atoms with Crippen LogP contribution in [0.25, 0.3) is 22.8 Å². The topological polar surface area (TPSA) is 217 Å². The Bertz CT molecular complexity index is 1120. The summed E-state index contributed by atoms with van der Waals surface area (Å²) in [5.41, 5.74) is 3.47. The Morgan fingerprint density at radius 1 is 0.559 bits per heavy atom. The van der Waals surface area contributed by atoms with Gasteiger partial charge in [-0.3, -0.25) is 9.97 Å². The average molecular weight is 572 g/mol. The van der Waals surface area contributed by atoms with Crippen molar-refractivity contribution >= 4 is 0 Å². The molecule has 0 amide bonds. The number of halogens is 1. The molecule has 0 radical (unpaired) electrons. The Morgan fingerprint density at radius 2 is 0.941 bits per heavy atom. The second-order valence-electron chi connectivity index (χ2n) is 5.61. The van der Waals surface area contributed by atoms with Crippen LogP contribution in [0.1, 0.15) is 11.4 Å². The molecule has 0 aromatic carbocycles. The van der Waals surface area contributed by atoms with Gasteiger partial charge in [0.15, 0.2) is 11.4 Å². The molecular formula is C20H12AgClN8O4. The predicted octanol–water partition coefficient (Wildman–Crippen LogP) is -1.94. The number of hydrogen-bond donors (Lipinski definition) is 0. The fourth-order valence-electron chi connectivity index (χ4n) is 2.06. The van der Waals surface area contributed by atoms with Gasteiger partial charge in [-0.05, 0) is 24.3 Å². The van der Waals surface area contributed by atoms with Crippen LogP contribution in [0.5, 0.6) is 0 Å². The van der Waals surface area contributed by atoms with E-state index in [0.29, 0.717) is 22.8 Å². The first kappa shape index (κ1) is 28.3. The number of aromatic nitrogens is 6. The van der Waals surface area contributed by atoms with Gasteiger partial charge in [0, 0.05) is 12.4 Å². The van der Waals surface area contributed by atoms with E-state index < -0.39 is 10.2 Å². The van der Waals surface area contributed by atoms with Gasteiger partial charge in [0.1, 0.15) is 23.5 Å². The molecule has 4 heterocycles. The maximum atomic E-state index is 8.53. The Balaban J connectivity index is 0.000000278. The zero-order chi connectivity index (χ0) is 24.1. The number of rotatable bonds is 2. The fraction of sp³-hybridized carbons (Fsp3) is 0. The van der Waals surface area contributed by atoms with Crippen molar-refractivity contribution in [3.8, 4) is 34.9 Å². The molecule has 174 valence electrons. The molecule has 0 aliphatic heterocycles. The Hall–Kier alpha value is -3.69. The van der Waals surface area contributed by atoms with E-state index in [2.05, 4.69) is 29.9 Å². The number of nitrogens with zero attached hydrogens (tertiary/aromatic N) is 8. The summed E-state index contributed by atoms with van der Waals surface area (Å²) in [6.07, 6.45) is 9.33. The minimum absolute atomic E-state index is 0. The molecule has 0 N–H and O–H groups in total. The summed E-state index contributed by atoms with van der Waals surface area (Å²) < 4.78 is 34.0. The van der Waals surface area contributed by atoms with Crippen LogP contribution in [-0.4, -0.2) is 29.9 Å². The summed E-state index contributed by atoms with van der Waals surface area (Å²) in [4.78, 5) is 24.2. The molecule has 0 aliphatic carbocycles. The first-order chi connectivity index (χ1) is 15.8. The van der Waals surface area contributed by atoms with Crippen LogP contribution in [0.3, 0.4) is 0 Å². The SMILES string of the molecule is N#Cc1cnc(-c2ccccn2)cn1.N#Cc1cnc(-c2ccccn2)cn1.[Ag+].[O-][Cl+3]([O-])([O-])[O-]. The van der Waals surface area contributed by atoms with E-state index in [0.717, 1.165) is 11.4 Å². The van der Waals surface area contributed by atoms with E-state index in [9.17, 15) is 0 Å². The Morgan fingerprint density at radius 3 is 1.18 bits per heavy atom. The van der Waals surface area contributed by atoms with Crippen LogP contribution in [-0.2, 0) is 22.4 Å². The molecule has 14 heteroatoms. The quantitative estimate of drug-likeness (QED) is 0.240. The molecule has 0 saturated heterocycles. The van der Waals surface area contributed by atoms with Crippen LogP contribution < -0.4 is 18.6 Å². The normalized spacial score (nSPS) is 9.47. The Labute approximate surface area is 211 Å². The fourth-order valence-corrected chi connectivity index (χ4v) is 2.06. The van der Waals surface area contributed by atoms with Crippen molar-refractivity contribution in [2.75, 3.05) is 0 Å². The van der Waals surface area contributed by atoms with Gasteiger partial charge in [-0.15, -0.1) is 10.2 Å². The van der Waals surface area contributed by atoms with Crippen molar-refractivity contribution in [3.05, 3.63) is 85.0 Å². The molecular weight excluding hydrogens is 560 g/mol. The third-order valence-electron chi connectivity index (χ3n) is 3.39. The van der Waals surface area contributed by atoms with E-state index in [4.69, 9.17) is 29.2 Å². The first-order valence-electron chi connectivity index (χ1n) is 8.69. The summed E-state index contributed by atoms with van der Waals surface area (Å²) in [6.45, 7) is 0. The van der Waals surface area contributed by atoms with Crippen LogP contribution in [0, 0.1) is 32.9 Å². The standard InChI is InChI=1S/2C10H6N4.Ag.ClHO4/c2*11-5-8-6-14-10(7-13-8)9-3-1-2-4-12-9;;2-1(3,4)5/h2*1-4,6-7H;;(H,2,3,4,5)/q;;+1;/p-1. The van der Waals surface area contributed by atoms with Crippen LogP contribution >= 0.6 is 0 Å². The van der Waals surface area contributed by atoms with E-state index in [1.165, 1.54) is 12.4 Å². The van der Waals surface area contributed by atoms with Crippen molar-refractivity contribution in [2.24, 2.45) is 0 Å². The molecule has 0 saturated carbocycles. The van der Waals surface area contributed by atoms with Crippen LogP contribution in [0.4, 0.5) is 0 Å². The van der Waals surface area contributed by atoms with Gasteiger partial charge in [0.05, 0.1) is 36.2 Å². The van der Waals surface area contributed by atoms with Gasteiger partial charge in [0.25, 0.3) is 0 Å². The van der Waals surface area contributed by atoms with Crippen molar-refractivity contribution in [1.82, 2.24) is 29.9 Å². The van der Waals surface area contributed by atoms with Crippen molar-refractivity contribution in [2.45, 2.75) is 0 Å². The van der Waals surface area contributed by atoms with Crippen molar-refractivity contribution < 1.29 is 51.3 Å². The van der Waals surface area contributed by atoms with E-state index in [-0.39, 0.29) is 22.4 Å². The van der Waals surface area contributed by atoms with Crippen LogP contribution in [0.2, 0.25) is 0 Å². The van der Waals surface area contributed by atoms with Gasteiger partial charge in [-0.2, -0.15) is 10.5 Å². The predicted molar refractivity (Wildman–Crippen MR) is 100.0 cm³/mol. The molecule has 0 unspecified atom stereocenters. The maximum absolute atomic E-state index is 8.53. The molecule has 4 aromatic heterocycles. The van der Waals surface area contributed by atoms with Gasteiger partial charge in [-0.25, -0.2) is 38.6 Å². The molecule has 0 bridgehead atoms. The second-order valence-corrected chi connectivity index (χ2v) is 6.36. The van der Waals surface area contributed by atoms with Crippen molar-refractivity contribution in [3.63, 3.8) is 0 Å². The molecule has 34 heavy (non-hydrogen) atoms. The zero-order valence-electron chi connectivity index (χ0n) is 16.8. The van der Waals surface area contributed by atoms with Gasteiger partial charge < -0.3 is 0 Å². The summed E-state index contributed by atoms with van der Waals surface area (Å²) in [5, 5.41) is 17.1. The summed E-state index contributed by atoms with van der Waals surface area (Å²) in [6, 6.07) is 14.9. The molecule has 4 aromatic rings. The summed E-state index contributed by atoms with van der Waals surface area (Å²) >= 11 is 0. The smallest absolute Gasteiger partial charge is 0.255 e. The first-order valence-corrected chi connectivity index (χ1v) is 9.92. The molecule has 0 atom stereocenters. The van der Waals surface area contributed by atoms with Crippen molar-refractivity contribution in [1.29, 1.82) is 10.5 Å². The second kappa shape index (κ2) is 14.5. The molecule has 0 aliphatic rings. The maximum Gasteiger partial charge on any atom is 1.00 e. The Kier molecular flexibility index (Phi) is 12.1. The average Bonchev–Trinajstić information content (AvgIpc) is 2.85. The number of nitriles is 2. The minimum atomic E-state index is -4.94. The van der Waals surface area contributed by atoms with Gasteiger partial charge >= 0.3 is 22.4 Å². The van der Waals surface area contributed by atoms with E-state index in [1.54, 1.807) is 24.8 Å². The number of pyridine rings is 2. The van der Waals surface area contributed by atoms with E-state index in [1.807, 2.05) is 48.5 Å². The third-order valence-corrected chi connectivity index (χ3v) is 3.39. The molecule has 12 nitrogen and oxygen atoms in total. The van der Waals surface area contributed by atoms with Crippen LogP contribution in [0.15, 0.2) is 73.6 Å². The largest absolute Gasteiger partial charge is 1.00 e. The summed E-state index contributed by atoms with van der Waals surface area (Å²) in [7, 11) is -4.94. The monoisotopic (exact) mass is 570 g/mol. The van der Waals surface area contributed by atoms with Gasteiger partial charge in [-0.1, -0.05) is 12.1 Å². The number of hydrogen-bond acceptors (Lipinski definition) is 12. The zero-order valence-corrected chi connectivity index (χ0v) is 19.1. The third kappa shape index (κ3) is 10.8.